The van der Waals surface area contributed by atoms with Crippen LogP contribution in [-0.2, 0) is 6.54 Å². The van der Waals surface area contributed by atoms with E-state index >= 15 is 0 Å². The molecule has 1 aliphatic rings. The summed E-state index contributed by atoms with van der Waals surface area (Å²) < 4.78 is 19.9. The number of hydrogen-bond donors (Lipinski definition) is 2. The molecule has 4 rings (SSSR count). The monoisotopic (exact) mass is 426 g/mol. The van der Waals surface area contributed by atoms with E-state index in [1.807, 2.05) is 6.07 Å². The van der Waals surface area contributed by atoms with Gasteiger partial charge in [-0.2, -0.15) is 0 Å². The minimum Gasteiger partial charge on any atom is -0.477 e. The van der Waals surface area contributed by atoms with Crippen LogP contribution in [0.1, 0.15) is 16.1 Å². The predicted molar refractivity (Wildman–Crippen MR) is 114 cm³/mol. The third-order valence-electron chi connectivity index (χ3n) is 5.39. The Kier molecular flexibility index (Phi) is 5.81. The summed E-state index contributed by atoms with van der Waals surface area (Å²) in [6, 6.07) is 6.96. The number of piperazine rings is 1. The number of hydrogen-bond acceptors (Lipinski definition) is 7. The molecule has 0 spiro atoms. The molecule has 3 aromatic rings. The maximum atomic E-state index is 15.0. The molecule has 31 heavy (non-hydrogen) atoms. The number of pyridine rings is 1. The largest absolute Gasteiger partial charge is 0.477 e. The lowest BCUT2D eigenvalue weighted by molar-refractivity contribution is 0.0958. The zero-order valence-corrected chi connectivity index (χ0v) is 17.3. The number of carbonyl (C=O) groups excluding carboxylic acids is 1. The van der Waals surface area contributed by atoms with Crippen LogP contribution in [0.5, 0.6) is 5.88 Å². The summed E-state index contributed by atoms with van der Waals surface area (Å²) in [5.74, 6) is -0.779. The molecule has 0 bridgehead atoms. The van der Waals surface area contributed by atoms with Crippen LogP contribution in [0.3, 0.4) is 0 Å². The molecule has 162 valence electrons. The summed E-state index contributed by atoms with van der Waals surface area (Å²) in [4.78, 5) is 38.7. The van der Waals surface area contributed by atoms with Crippen LogP contribution in [0.2, 0.25) is 0 Å². The molecule has 0 atom stereocenters. The number of fused-ring (bicyclic) bond motifs is 1. The van der Waals surface area contributed by atoms with E-state index in [2.05, 4.69) is 30.1 Å². The Morgan fingerprint density at radius 1 is 1.23 bits per heavy atom. The summed E-state index contributed by atoms with van der Waals surface area (Å²) in [5.41, 5.74) is 1.69. The zero-order chi connectivity index (χ0) is 22.0. The van der Waals surface area contributed by atoms with Gasteiger partial charge in [0, 0.05) is 45.3 Å². The fourth-order valence-electron chi connectivity index (χ4n) is 3.65. The Bertz CT molecular complexity index is 1160. The Labute approximate surface area is 177 Å². The van der Waals surface area contributed by atoms with Crippen molar-refractivity contribution in [1.29, 1.82) is 0 Å². The van der Waals surface area contributed by atoms with Crippen LogP contribution in [0.25, 0.3) is 11.0 Å². The van der Waals surface area contributed by atoms with Crippen LogP contribution >= 0.6 is 0 Å². The molecule has 1 fully saturated rings. The van der Waals surface area contributed by atoms with Crippen molar-refractivity contribution in [3.05, 3.63) is 57.9 Å². The molecular formula is C21H23FN6O3. The van der Waals surface area contributed by atoms with Crippen LogP contribution in [0.4, 0.5) is 10.1 Å². The van der Waals surface area contributed by atoms with E-state index in [0.29, 0.717) is 23.3 Å². The van der Waals surface area contributed by atoms with Crippen molar-refractivity contribution < 1.29 is 13.9 Å². The maximum Gasteiger partial charge on any atom is 0.311 e. The third-order valence-corrected chi connectivity index (χ3v) is 5.39. The molecule has 10 heteroatoms. The summed E-state index contributed by atoms with van der Waals surface area (Å²) in [6.45, 7) is 3.42. The maximum absolute atomic E-state index is 15.0. The zero-order valence-electron chi connectivity index (χ0n) is 17.3. The van der Waals surface area contributed by atoms with Gasteiger partial charge in [-0.15, -0.1) is 0 Å². The number of methoxy groups -OCH3 is 1. The number of nitrogens with zero attached hydrogens (tertiary/aromatic N) is 4. The van der Waals surface area contributed by atoms with Gasteiger partial charge in [-0.3, -0.25) is 14.5 Å². The molecule has 2 aromatic heterocycles. The van der Waals surface area contributed by atoms with Gasteiger partial charge in [-0.25, -0.2) is 14.4 Å². The number of aromatic amines is 1. The van der Waals surface area contributed by atoms with E-state index in [-0.39, 0.29) is 17.3 Å². The minimum absolute atomic E-state index is 0.0872. The fourth-order valence-corrected chi connectivity index (χ4v) is 3.65. The molecule has 9 nitrogen and oxygen atoms in total. The first-order chi connectivity index (χ1) is 15.0. The van der Waals surface area contributed by atoms with Crippen LogP contribution in [-0.4, -0.2) is 66.1 Å². The van der Waals surface area contributed by atoms with E-state index in [1.165, 1.54) is 7.11 Å². The second-order valence-corrected chi connectivity index (χ2v) is 7.25. The van der Waals surface area contributed by atoms with Gasteiger partial charge >= 0.3 is 5.56 Å². The highest BCUT2D eigenvalue weighted by Gasteiger charge is 2.20. The van der Waals surface area contributed by atoms with Crippen molar-refractivity contribution in [2.24, 2.45) is 0 Å². The highest BCUT2D eigenvalue weighted by Crippen LogP contribution is 2.21. The average molecular weight is 426 g/mol. The van der Waals surface area contributed by atoms with Crippen LogP contribution in [0.15, 0.2) is 35.3 Å². The van der Waals surface area contributed by atoms with Crippen molar-refractivity contribution in [1.82, 2.24) is 25.2 Å². The van der Waals surface area contributed by atoms with Crippen molar-refractivity contribution in [3.8, 4) is 5.88 Å². The topological polar surface area (TPSA) is 103 Å². The smallest absolute Gasteiger partial charge is 0.311 e. The van der Waals surface area contributed by atoms with Gasteiger partial charge < -0.3 is 19.9 Å². The predicted octanol–water partition coefficient (Wildman–Crippen LogP) is 1.15. The molecule has 0 radical (unpaired) electrons. The minimum atomic E-state index is -0.560. The van der Waals surface area contributed by atoms with Crippen molar-refractivity contribution in [3.63, 3.8) is 0 Å². The van der Waals surface area contributed by atoms with E-state index in [0.717, 1.165) is 31.9 Å². The highest BCUT2D eigenvalue weighted by atomic mass is 19.1. The number of nitrogens with one attached hydrogen (secondary N) is 2. The average Bonchev–Trinajstić information content (AvgIpc) is 2.81. The van der Waals surface area contributed by atoms with Crippen LogP contribution in [0, 0.1) is 5.82 Å². The number of halogens is 1. The molecule has 1 saturated heterocycles. The van der Waals surface area contributed by atoms with Gasteiger partial charge in [0.25, 0.3) is 11.8 Å². The molecule has 0 aliphatic carbocycles. The van der Waals surface area contributed by atoms with Crippen molar-refractivity contribution in [2.45, 2.75) is 6.54 Å². The molecule has 0 saturated carbocycles. The molecule has 0 unspecified atom stereocenters. The number of carbonyl (C=O) groups is 1. The van der Waals surface area contributed by atoms with Gasteiger partial charge in [0.05, 0.1) is 24.5 Å². The molecule has 1 amide bonds. The van der Waals surface area contributed by atoms with E-state index in [1.54, 1.807) is 31.4 Å². The second-order valence-electron chi connectivity index (χ2n) is 7.25. The summed E-state index contributed by atoms with van der Waals surface area (Å²) >= 11 is 0. The Hall–Kier alpha value is -3.53. The number of ether oxygens (including phenoxy) is 1. The van der Waals surface area contributed by atoms with Gasteiger partial charge in [0.15, 0.2) is 5.82 Å². The summed E-state index contributed by atoms with van der Waals surface area (Å²) in [5, 5.41) is 2.55. The lowest BCUT2D eigenvalue weighted by Gasteiger charge is -2.36. The molecule has 1 aromatic carbocycles. The molecule has 3 heterocycles. The molecule has 1 aliphatic heterocycles. The number of anilines is 1. The number of H-pyrrole nitrogens is 1. The molecular weight excluding hydrogens is 403 g/mol. The van der Waals surface area contributed by atoms with Gasteiger partial charge in [-0.05, 0) is 18.2 Å². The first-order valence-electron chi connectivity index (χ1n) is 9.91. The normalized spacial score (nSPS) is 14.6. The van der Waals surface area contributed by atoms with E-state index < -0.39 is 11.4 Å². The SMILES string of the molecule is CNC(=O)c1ccc(N2CCN(Cc3ccc4nc(OC)c(=O)[nH]c4c3F)CC2)cn1. The van der Waals surface area contributed by atoms with Crippen molar-refractivity contribution >= 4 is 22.6 Å². The van der Waals surface area contributed by atoms with Crippen LogP contribution < -0.4 is 20.5 Å². The van der Waals surface area contributed by atoms with Gasteiger partial charge in [-0.1, -0.05) is 6.07 Å². The summed E-state index contributed by atoms with van der Waals surface area (Å²) in [6.07, 6.45) is 1.70. The third kappa shape index (κ3) is 4.19. The first-order valence-corrected chi connectivity index (χ1v) is 9.91. The number of benzene rings is 1. The van der Waals surface area contributed by atoms with Gasteiger partial charge in [0.2, 0.25) is 0 Å². The standard InChI is InChI=1S/C21H23FN6O3/c1-23-19(29)16-6-4-14(11-24-16)28-9-7-27(8-10-28)12-13-3-5-15-18(17(13)22)26-20(30)21(25-15)31-2/h3-6,11H,7-10,12H2,1-2H3,(H,23,29)(H,26,30). The summed E-state index contributed by atoms with van der Waals surface area (Å²) in [7, 11) is 2.92. The number of aromatic nitrogens is 3. The highest BCUT2D eigenvalue weighted by molar-refractivity contribution is 5.92. The lowest BCUT2D eigenvalue weighted by Crippen LogP contribution is -2.46. The Morgan fingerprint density at radius 2 is 2.00 bits per heavy atom. The molecule has 2 N–H and O–H groups in total. The van der Waals surface area contributed by atoms with E-state index in [9.17, 15) is 14.0 Å². The number of amides is 1. The lowest BCUT2D eigenvalue weighted by atomic mass is 10.1. The Morgan fingerprint density at radius 3 is 2.65 bits per heavy atom. The number of rotatable bonds is 5. The fraction of sp³-hybridized carbons (Fsp3) is 0.333. The quantitative estimate of drug-likeness (QED) is 0.631. The van der Waals surface area contributed by atoms with Crippen molar-refractivity contribution in [2.75, 3.05) is 45.2 Å². The van der Waals surface area contributed by atoms with Gasteiger partial charge in [0.1, 0.15) is 11.2 Å². The Balaban J connectivity index is 1.43. The first kappa shape index (κ1) is 20.7. The second kappa shape index (κ2) is 8.68. The van der Waals surface area contributed by atoms with E-state index in [4.69, 9.17) is 4.74 Å².